The maximum absolute atomic E-state index is 5.32. The summed E-state index contributed by atoms with van der Waals surface area (Å²) in [6.45, 7) is 4.67. The summed E-state index contributed by atoms with van der Waals surface area (Å²) in [5.41, 5.74) is 12.5. The summed E-state index contributed by atoms with van der Waals surface area (Å²) >= 11 is 0. The maximum Gasteiger partial charge on any atom is 0.238 e. The third-order valence-corrected chi connectivity index (χ3v) is 11.2. The molecule has 53 heavy (non-hydrogen) atoms. The fraction of sp³-hybridized carbons (Fsp3) is 0.0625. The normalized spacial score (nSPS) is 13.2. The largest absolute Gasteiger partial charge is 0.309 e. The molecule has 0 N–H and O–H groups in total. The van der Waals surface area contributed by atoms with Crippen molar-refractivity contribution in [3.05, 3.63) is 175 Å². The lowest BCUT2D eigenvalue weighted by atomic mass is 9.82. The van der Waals surface area contributed by atoms with E-state index in [1.807, 2.05) is 36.4 Å². The van der Waals surface area contributed by atoms with E-state index in [0.717, 1.165) is 38.8 Å². The van der Waals surface area contributed by atoms with Gasteiger partial charge in [0.2, 0.25) is 5.95 Å². The smallest absolute Gasteiger partial charge is 0.238 e. The van der Waals surface area contributed by atoms with Gasteiger partial charge < -0.3 is 4.57 Å². The molecule has 250 valence electrons. The Bertz CT molecular complexity index is 3010. The van der Waals surface area contributed by atoms with E-state index in [4.69, 9.17) is 15.0 Å². The molecule has 0 fully saturated rings. The highest BCUT2D eigenvalue weighted by atomic mass is 15.2. The Morgan fingerprint density at radius 3 is 1.70 bits per heavy atom. The Labute approximate surface area is 306 Å². The minimum absolute atomic E-state index is 0.171. The molecule has 0 bridgehead atoms. The molecular weight excluding hydrogens is 647 g/mol. The predicted molar refractivity (Wildman–Crippen MR) is 217 cm³/mol. The second kappa shape index (κ2) is 11.1. The molecule has 0 saturated carbocycles. The van der Waals surface area contributed by atoms with Gasteiger partial charge in [-0.15, -0.1) is 0 Å². The van der Waals surface area contributed by atoms with Gasteiger partial charge in [-0.25, -0.2) is 4.98 Å². The van der Waals surface area contributed by atoms with Gasteiger partial charge in [0, 0.05) is 49.3 Å². The second-order valence-corrected chi connectivity index (χ2v) is 14.5. The summed E-state index contributed by atoms with van der Waals surface area (Å²) in [7, 11) is 0. The highest BCUT2D eigenvalue weighted by molar-refractivity contribution is 6.21. The average Bonchev–Trinajstić information content (AvgIpc) is 3.80. The Kier molecular flexibility index (Phi) is 6.23. The van der Waals surface area contributed by atoms with Crippen molar-refractivity contribution in [2.75, 3.05) is 0 Å². The summed E-state index contributed by atoms with van der Waals surface area (Å²) in [6, 6.07) is 58.1. The molecule has 0 radical (unpaired) electrons. The van der Waals surface area contributed by atoms with Crippen LogP contribution in [0.3, 0.4) is 0 Å². The monoisotopic (exact) mass is 679 g/mol. The van der Waals surface area contributed by atoms with Gasteiger partial charge in [0.1, 0.15) is 0 Å². The van der Waals surface area contributed by atoms with Gasteiger partial charge in [-0.1, -0.05) is 147 Å². The molecule has 7 aromatic carbocycles. The molecule has 0 amide bonds. The number of aromatic nitrogens is 5. The minimum atomic E-state index is -0.171. The number of fused-ring (bicyclic) bond motifs is 10. The number of hydrogen-bond donors (Lipinski definition) is 0. The van der Waals surface area contributed by atoms with Crippen molar-refractivity contribution in [3.8, 4) is 45.5 Å². The molecule has 0 spiro atoms. The molecule has 0 unspecified atom stereocenters. The van der Waals surface area contributed by atoms with Crippen LogP contribution in [0.15, 0.2) is 164 Å². The second-order valence-electron chi connectivity index (χ2n) is 14.5. The Morgan fingerprint density at radius 1 is 0.434 bits per heavy atom. The van der Waals surface area contributed by atoms with E-state index >= 15 is 0 Å². The first kappa shape index (κ1) is 29.8. The molecule has 11 rings (SSSR count). The molecule has 0 atom stereocenters. The van der Waals surface area contributed by atoms with Crippen LogP contribution in [-0.2, 0) is 5.41 Å². The van der Waals surface area contributed by atoms with Crippen molar-refractivity contribution in [2.24, 2.45) is 0 Å². The topological polar surface area (TPSA) is 48.5 Å². The third-order valence-electron chi connectivity index (χ3n) is 11.2. The van der Waals surface area contributed by atoms with E-state index in [1.54, 1.807) is 0 Å². The van der Waals surface area contributed by atoms with Crippen molar-refractivity contribution >= 4 is 43.6 Å². The molecule has 1 aliphatic rings. The van der Waals surface area contributed by atoms with Gasteiger partial charge in [0.25, 0.3) is 0 Å². The highest BCUT2D eigenvalue weighted by Gasteiger charge is 2.38. The van der Waals surface area contributed by atoms with Crippen molar-refractivity contribution < 1.29 is 0 Å². The van der Waals surface area contributed by atoms with Gasteiger partial charge in [-0.05, 0) is 47.0 Å². The molecule has 1 aliphatic carbocycles. The first-order valence-electron chi connectivity index (χ1n) is 18.1. The fourth-order valence-electron chi connectivity index (χ4n) is 8.71. The molecular formula is C48H33N5. The first-order valence-corrected chi connectivity index (χ1v) is 18.1. The van der Waals surface area contributed by atoms with E-state index in [2.05, 4.69) is 150 Å². The molecule has 5 nitrogen and oxygen atoms in total. The van der Waals surface area contributed by atoms with Crippen LogP contribution < -0.4 is 0 Å². The number of rotatable bonds is 4. The molecule has 3 heterocycles. The van der Waals surface area contributed by atoms with Crippen LogP contribution in [0, 0.1) is 0 Å². The summed E-state index contributed by atoms with van der Waals surface area (Å²) in [6.07, 6.45) is 0. The van der Waals surface area contributed by atoms with Crippen molar-refractivity contribution in [1.82, 2.24) is 24.1 Å². The molecule has 0 saturated heterocycles. The summed E-state index contributed by atoms with van der Waals surface area (Å²) in [5, 5.41) is 4.70. The van der Waals surface area contributed by atoms with Crippen LogP contribution in [0.1, 0.15) is 25.0 Å². The number of nitrogens with zero attached hydrogens (tertiary/aromatic N) is 5. The predicted octanol–water partition coefficient (Wildman–Crippen LogP) is 11.7. The van der Waals surface area contributed by atoms with Crippen LogP contribution in [0.2, 0.25) is 0 Å². The zero-order valence-corrected chi connectivity index (χ0v) is 29.3. The lowest BCUT2D eigenvalue weighted by molar-refractivity contribution is 0.660. The zero-order chi connectivity index (χ0) is 35.3. The summed E-state index contributed by atoms with van der Waals surface area (Å²) < 4.78 is 4.71. The van der Waals surface area contributed by atoms with E-state index < -0.39 is 0 Å². The highest BCUT2D eigenvalue weighted by Crippen LogP contribution is 2.53. The van der Waals surface area contributed by atoms with E-state index in [0.29, 0.717) is 17.6 Å². The Hall–Kier alpha value is -6.85. The number of benzene rings is 7. The van der Waals surface area contributed by atoms with Gasteiger partial charge in [-0.3, -0.25) is 4.57 Å². The van der Waals surface area contributed by atoms with Gasteiger partial charge in [0.15, 0.2) is 11.6 Å². The summed E-state index contributed by atoms with van der Waals surface area (Å²) in [5.74, 6) is 1.87. The van der Waals surface area contributed by atoms with Gasteiger partial charge in [-0.2, -0.15) is 9.97 Å². The molecule has 0 aliphatic heterocycles. The van der Waals surface area contributed by atoms with Crippen molar-refractivity contribution in [2.45, 2.75) is 19.3 Å². The van der Waals surface area contributed by atoms with Crippen molar-refractivity contribution in [3.63, 3.8) is 0 Å². The fourth-order valence-corrected chi connectivity index (χ4v) is 8.71. The quantitative estimate of drug-likeness (QED) is 0.186. The lowest BCUT2D eigenvalue weighted by Crippen LogP contribution is -2.14. The lowest BCUT2D eigenvalue weighted by Gasteiger charge is -2.21. The summed E-state index contributed by atoms with van der Waals surface area (Å²) in [4.78, 5) is 15.7. The van der Waals surface area contributed by atoms with E-state index in [-0.39, 0.29) is 5.41 Å². The molecule has 10 aromatic rings. The third kappa shape index (κ3) is 4.28. The van der Waals surface area contributed by atoms with Crippen LogP contribution in [0.25, 0.3) is 89.2 Å². The Morgan fingerprint density at radius 2 is 1.00 bits per heavy atom. The van der Waals surface area contributed by atoms with Gasteiger partial charge >= 0.3 is 0 Å². The van der Waals surface area contributed by atoms with Crippen LogP contribution >= 0.6 is 0 Å². The van der Waals surface area contributed by atoms with Gasteiger partial charge in [0.05, 0.1) is 22.1 Å². The van der Waals surface area contributed by atoms with Crippen LogP contribution in [0.4, 0.5) is 0 Å². The van der Waals surface area contributed by atoms with Crippen molar-refractivity contribution in [1.29, 1.82) is 0 Å². The minimum Gasteiger partial charge on any atom is -0.309 e. The standard InChI is InChI=1S/C48H33N5/c1-48(2)38-24-14-12-23-35(38)43-39(48)27-26-34-37-29-41-36(33-22-13-15-25-40(33)52(41)32-20-10-5-11-21-32)28-42(37)53(44(34)43)47-50-45(30-16-6-3-7-17-30)49-46(51-47)31-18-8-4-9-19-31/h3-29H,1-2H3. The average molecular weight is 680 g/mol. The molecule has 5 heteroatoms. The van der Waals surface area contributed by atoms with Crippen LogP contribution in [0.5, 0.6) is 0 Å². The number of hydrogen-bond acceptors (Lipinski definition) is 3. The van der Waals surface area contributed by atoms with E-state index in [9.17, 15) is 0 Å². The zero-order valence-electron chi connectivity index (χ0n) is 29.3. The van der Waals surface area contributed by atoms with Crippen LogP contribution in [-0.4, -0.2) is 24.1 Å². The Balaban J connectivity index is 1.33. The first-order chi connectivity index (χ1) is 26.1. The SMILES string of the molecule is CC1(C)c2ccccc2-c2c1ccc1c3cc4c(cc3n(-c3nc(-c5ccccc5)nc(-c5ccccc5)n3)c21)c1ccccc1n4-c1ccccc1. The number of para-hydroxylation sites is 2. The maximum atomic E-state index is 5.32. The molecule has 3 aromatic heterocycles. The van der Waals surface area contributed by atoms with E-state index in [1.165, 1.54) is 43.9 Å².